The highest BCUT2D eigenvalue weighted by Gasteiger charge is 2.26. The van der Waals surface area contributed by atoms with Crippen LogP contribution in [0.4, 0.5) is 5.82 Å². The quantitative estimate of drug-likeness (QED) is 0.857. The molecule has 110 valence electrons. The van der Waals surface area contributed by atoms with Crippen molar-refractivity contribution >= 4 is 5.82 Å². The Morgan fingerprint density at radius 2 is 2.05 bits per heavy atom. The van der Waals surface area contributed by atoms with Gasteiger partial charge in [-0.3, -0.25) is 4.98 Å². The van der Waals surface area contributed by atoms with Crippen molar-refractivity contribution in [1.29, 1.82) is 0 Å². The molecule has 3 heteroatoms. The van der Waals surface area contributed by atoms with Crippen LogP contribution in [0.1, 0.15) is 43.5 Å². The van der Waals surface area contributed by atoms with Crippen molar-refractivity contribution in [1.82, 2.24) is 9.97 Å². The van der Waals surface area contributed by atoms with Crippen molar-refractivity contribution in [2.75, 3.05) is 11.4 Å². The molecule has 0 radical (unpaired) electrons. The van der Waals surface area contributed by atoms with E-state index in [1.165, 1.54) is 29.8 Å². The summed E-state index contributed by atoms with van der Waals surface area (Å²) in [6.07, 6.45) is 8.30. The second-order valence-corrected chi connectivity index (χ2v) is 5.66. The van der Waals surface area contributed by atoms with E-state index in [2.05, 4.69) is 46.9 Å². The normalized spacial score (nSPS) is 17.6. The summed E-state index contributed by atoms with van der Waals surface area (Å²) < 4.78 is 0. The van der Waals surface area contributed by atoms with Gasteiger partial charge in [0, 0.05) is 37.1 Å². The standard InChI is InChI=1S/C18H23N3/c1-3-16-8-9-17-14(13-15-7-5-6-11-19-15)10-12-20-18(17)21(16)4-2/h5-7,10-12,16H,3-4,8-9,13H2,1-2H3/t16-/m0/s1. The first-order valence-electron chi connectivity index (χ1n) is 7.96. The first kappa shape index (κ1) is 14.1. The molecule has 2 aromatic rings. The van der Waals surface area contributed by atoms with Gasteiger partial charge in [-0.1, -0.05) is 13.0 Å². The predicted molar refractivity (Wildman–Crippen MR) is 86.7 cm³/mol. The number of anilines is 1. The fraction of sp³-hybridized carbons (Fsp3) is 0.444. The molecular weight excluding hydrogens is 258 g/mol. The highest BCUT2D eigenvalue weighted by atomic mass is 15.2. The minimum Gasteiger partial charge on any atom is -0.354 e. The van der Waals surface area contributed by atoms with Crippen LogP contribution in [0.15, 0.2) is 36.7 Å². The first-order valence-corrected chi connectivity index (χ1v) is 7.96. The molecule has 0 aromatic carbocycles. The van der Waals surface area contributed by atoms with E-state index in [-0.39, 0.29) is 0 Å². The SMILES string of the molecule is CC[C@H]1CCc2c(Cc3ccccn3)ccnc2N1CC. The van der Waals surface area contributed by atoms with Gasteiger partial charge in [0.15, 0.2) is 0 Å². The van der Waals surface area contributed by atoms with Gasteiger partial charge in [0.25, 0.3) is 0 Å². The molecule has 21 heavy (non-hydrogen) atoms. The topological polar surface area (TPSA) is 29.0 Å². The molecule has 3 heterocycles. The number of aromatic nitrogens is 2. The third-order valence-corrected chi connectivity index (χ3v) is 4.48. The summed E-state index contributed by atoms with van der Waals surface area (Å²) in [5.74, 6) is 1.20. The van der Waals surface area contributed by atoms with Crippen LogP contribution >= 0.6 is 0 Å². The van der Waals surface area contributed by atoms with Crippen LogP contribution in [0, 0.1) is 0 Å². The summed E-state index contributed by atoms with van der Waals surface area (Å²) in [6.45, 7) is 5.53. The number of nitrogens with zero attached hydrogens (tertiary/aromatic N) is 3. The van der Waals surface area contributed by atoms with Crippen molar-refractivity contribution in [2.24, 2.45) is 0 Å². The monoisotopic (exact) mass is 281 g/mol. The van der Waals surface area contributed by atoms with Crippen LogP contribution < -0.4 is 4.90 Å². The van der Waals surface area contributed by atoms with Crippen LogP contribution in [-0.2, 0) is 12.8 Å². The third kappa shape index (κ3) is 2.78. The molecule has 0 spiro atoms. The average molecular weight is 281 g/mol. The van der Waals surface area contributed by atoms with Crippen LogP contribution in [0.5, 0.6) is 0 Å². The summed E-state index contributed by atoms with van der Waals surface area (Å²) in [4.78, 5) is 11.6. The Morgan fingerprint density at radius 3 is 2.76 bits per heavy atom. The zero-order valence-electron chi connectivity index (χ0n) is 12.9. The van der Waals surface area contributed by atoms with Crippen molar-refractivity contribution in [3.63, 3.8) is 0 Å². The van der Waals surface area contributed by atoms with Gasteiger partial charge in [-0.25, -0.2) is 4.98 Å². The maximum absolute atomic E-state index is 4.68. The molecule has 0 saturated carbocycles. The summed E-state index contributed by atoms with van der Waals surface area (Å²) >= 11 is 0. The lowest BCUT2D eigenvalue weighted by molar-refractivity contribution is 0.513. The van der Waals surface area contributed by atoms with Gasteiger partial charge in [-0.2, -0.15) is 0 Å². The van der Waals surface area contributed by atoms with Crippen LogP contribution in [0.25, 0.3) is 0 Å². The van der Waals surface area contributed by atoms with Crippen molar-refractivity contribution in [3.05, 3.63) is 53.5 Å². The van der Waals surface area contributed by atoms with Crippen LogP contribution in [0.3, 0.4) is 0 Å². The van der Waals surface area contributed by atoms with Crippen LogP contribution in [-0.4, -0.2) is 22.6 Å². The second kappa shape index (κ2) is 6.25. The number of hydrogen-bond acceptors (Lipinski definition) is 3. The molecule has 1 aliphatic rings. The molecule has 3 nitrogen and oxygen atoms in total. The summed E-state index contributed by atoms with van der Waals surface area (Å²) in [6, 6.07) is 8.92. The fourth-order valence-electron chi connectivity index (χ4n) is 3.38. The Labute approximate surface area is 127 Å². The van der Waals surface area contributed by atoms with E-state index >= 15 is 0 Å². The van der Waals surface area contributed by atoms with E-state index in [4.69, 9.17) is 0 Å². The van der Waals surface area contributed by atoms with Gasteiger partial charge in [-0.05, 0) is 55.5 Å². The minimum atomic E-state index is 0.639. The van der Waals surface area contributed by atoms with E-state index < -0.39 is 0 Å². The molecule has 0 unspecified atom stereocenters. The van der Waals surface area contributed by atoms with E-state index in [9.17, 15) is 0 Å². The Hall–Kier alpha value is -1.90. The fourth-order valence-corrected chi connectivity index (χ4v) is 3.38. The van der Waals surface area contributed by atoms with Gasteiger partial charge in [-0.15, -0.1) is 0 Å². The molecule has 0 amide bonds. The van der Waals surface area contributed by atoms with E-state index in [1.54, 1.807) is 0 Å². The summed E-state index contributed by atoms with van der Waals surface area (Å²) in [7, 11) is 0. The minimum absolute atomic E-state index is 0.639. The molecule has 1 atom stereocenters. The van der Waals surface area contributed by atoms with Gasteiger partial charge >= 0.3 is 0 Å². The zero-order chi connectivity index (χ0) is 14.7. The van der Waals surface area contributed by atoms with Gasteiger partial charge < -0.3 is 4.90 Å². The maximum Gasteiger partial charge on any atom is 0.132 e. The molecule has 1 aliphatic heterocycles. The van der Waals surface area contributed by atoms with Gasteiger partial charge in [0.2, 0.25) is 0 Å². The molecule has 0 bridgehead atoms. The van der Waals surface area contributed by atoms with E-state index in [0.717, 1.165) is 25.1 Å². The Kier molecular flexibility index (Phi) is 4.18. The van der Waals surface area contributed by atoms with Crippen molar-refractivity contribution < 1.29 is 0 Å². The van der Waals surface area contributed by atoms with Gasteiger partial charge in [0.05, 0.1) is 0 Å². The Morgan fingerprint density at radius 1 is 1.14 bits per heavy atom. The number of hydrogen-bond donors (Lipinski definition) is 0. The molecule has 0 saturated heterocycles. The molecular formula is C18H23N3. The van der Waals surface area contributed by atoms with Gasteiger partial charge in [0.1, 0.15) is 5.82 Å². The first-order chi connectivity index (χ1) is 10.3. The second-order valence-electron chi connectivity index (χ2n) is 5.66. The molecule has 2 aromatic heterocycles. The van der Waals surface area contributed by atoms with Crippen molar-refractivity contribution in [2.45, 2.75) is 45.6 Å². The van der Waals surface area contributed by atoms with E-state index in [0.29, 0.717) is 6.04 Å². The van der Waals surface area contributed by atoms with Crippen LogP contribution in [0.2, 0.25) is 0 Å². The smallest absolute Gasteiger partial charge is 0.132 e. The Bertz CT molecular complexity index is 595. The lowest BCUT2D eigenvalue weighted by atomic mass is 9.92. The number of fused-ring (bicyclic) bond motifs is 1. The third-order valence-electron chi connectivity index (χ3n) is 4.48. The summed E-state index contributed by atoms with van der Waals surface area (Å²) in [5, 5.41) is 0. The molecule has 0 N–H and O–H groups in total. The molecule has 3 rings (SSSR count). The maximum atomic E-state index is 4.68. The predicted octanol–water partition coefficient (Wildman–Crippen LogP) is 3.62. The largest absolute Gasteiger partial charge is 0.354 e. The zero-order valence-corrected chi connectivity index (χ0v) is 12.9. The number of rotatable bonds is 4. The average Bonchev–Trinajstić information content (AvgIpc) is 2.55. The van der Waals surface area contributed by atoms with E-state index in [1.807, 2.05) is 18.5 Å². The van der Waals surface area contributed by atoms with Crippen molar-refractivity contribution in [3.8, 4) is 0 Å². The lowest BCUT2D eigenvalue weighted by Crippen LogP contribution is -2.39. The highest BCUT2D eigenvalue weighted by molar-refractivity contribution is 5.54. The molecule has 0 fully saturated rings. The summed E-state index contributed by atoms with van der Waals surface area (Å²) in [5.41, 5.74) is 3.94. The lowest BCUT2D eigenvalue weighted by Gasteiger charge is -2.37. The molecule has 0 aliphatic carbocycles. The highest BCUT2D eigenvalue weighted by Crippen LogP contribution is 2.32. The number of pyridine rings is 2. The Balaban J connectivity index is 1.94.